The smallest absolute Gasteiger partial charge is 0.106 e. The van der Waals surface area contributed by atoms with Crippen molar-refractivity contribution in [1.29, 1.82) is 0 Å². The Kier molecular flexibility index (Phi) is 17.3. The first-order valence-corrected chi connectivity index (χ1v) is 16.1. The third-order valence-electron chi connectivity index (χ3n) is 6.09. The van der Waals surface area contributed by atoms with E-state index in [0.717, 1.165) is 0 Å². The second-order valence-electron chi connectivity index (χ2n) is 8.68. The summed E-state index contributed by atoms with van der Waals surface area (Å²) >= 11 is 0. The summed E-state index contributed by atoms with van der Waals surface area (Å²) in [6.45, 7) is 4.00. The van der Waals surface area contributed by atoms with Crippen molar-refractivity contribution in [2.24, 2.45) is 0 Å². The molecule has 0 saturated heterocycles. The SMILES string of the molecule is C=O.C=O.[Pt].c1ccc(P(c2ccccc2)c2ccccc2)cc1.c1ccc(P(c2ccccc2)c2ccccc2)cc1. The van der Waals surface area contributed by atoms with E-state index in [9.17, 15) is 0 Å². The molecule has 0 aliphatic heterocycles. The molecule has 5 heteroatoms. The van der Waals surface area contributed by atoms with Crippen molar-refractivity contribution in [3.05, 3.63) is 182 Å². The predicted molar refractivity (Wildman–Crippen MR) is 185 cm³/mol. The molecule has 0 atom stereocenters. The van der Waals surface area contributed by atoms with E-state index in [2.05, 4.69) is 182 Å². The summed E-state index contributed by atoms with van der Waals surface area (Å²) in [5.74, 6) is 0. The predicted octanol–water partition coefficient (Wildman–Crippen LogP) is 6.52. The average Bonchev–Trinajstić information content (AvgIpc) is 3.10. The van der Waals surface area contributed by atoms with Gasteiger partial charge in [-0.15, -0.1) is 0 Å². The number of hydrogen-bond donors (Lipinski definition) is 0. The van der Waals surface area contributed by atoms with Gasteiger partial charge in [-0.05, 0) is 47.7 Å². The Morgan fingerprint density at radius 3 is 0.488 bits per heavy atom. The van der Waals surface area contributed by atoms with E-state index in [0.29, 0.717) is 0 Å². The van der Waals surface area contributed by atoms with Crippen LogP contribution in [-0.4, -0.2) is 13.6 Å². The molecular formula is C38H34O2P2Pt. The van der Waals surface area contributed by atoms with Crippen molar-refractivity contribution in [2.75, 3.05) is 0 Å². The van der Waals surface area contributed by atoms with Gasteiger partial charge in [0.05, 0.1) is 0 Å². The Bertz CT molecular complexity index is 1220. The Hall–Kier alpha value is -3.79. The number of carbonyl (C=O) groups excluding carboxylic acids is 2. The fraction of sp³-hybridized carbons (Fsp3) is 0. The molecule has 0 aliphatic carbocycles. The van der Waals surface area contributed by atoms with Gasteiger partial charge in [-0.3, -0.25) is 0 Å². The second-order valence-corrected chi connectivity index (χ2v) is 13.1. The van der Waals surface area contributed by atoms with Crippen LogP contribution >= 0.6 is 15.8 Å². The molecule has 0 radical (unpaired) electrons. The van der Waals surface area contributed by atoms with Crippen molar-refractivity contribution in [3.63, 3.8) is 0 Å². The molecule has 0 aliphatic rings. The number of hydrogen-bond acceptors (Lipinski definition) is 2. The summed E-state index contributed by atoms with van der Waals surface area (Å²) in [6.07, 6.45) is 0. The minimum Gasteiger partial charge on any atom is -0.307 e. The molecule has 0 fully saturated rings. The number of benzene rings is 6. The summed E-state index contributed by atoms with van der Waals surface area (Å²) in [4.78, 5) is 16.0. The van der Waals surface area contributed by atoms with Gasteiger partial charge in [0.15, 0.2) is 0 Å². The summed E-state index contributed by atoms with van der Waals surface area (Å²) < 4.78 is 0. The molecule has 0 spiro atoms. The van der Waals surface area contributed by atoms with E-state index in [1.165, 1.54) is 31.8 Å². The minimum atomic E-state index is -0.446. The van der Waals surface area contributed by atoms with E-state index < -0.39 is 15.8 Å². The summed E-state index contributed by atoms with van der Waals surface area (Å²) in [7, 11) is -0.892. The topological polar surface area (TPSA) is 34.1 Å². The Morgan fingerprint density at radius 2 is 0.372 bits per heavy atom. The largest absolute Gasteiger partial charge is 0.307 e. The van der Waals surface area contributed by atoms with Gasteiger partial charge in [0.1, 0.15) is 13.6 Å². The van der Waals surface area contributed by atoms with Crippen LogP contribution < -0.4 is 31.8 Å². The Balaban J connectivity index is 0.000000264. The number of rotatable bonds is 6. The first kappa shape index (κ1) is 35.4. The van der Waals surface area contributed by atoms with Crippen molar-refractivity contribution in [2.45, 2.75) is 0 Å². The van der Waals surface area contributed by atoms with Crippen LogP contribution in [0, 0.1) is 0 Å². The second kappa shape index (κ2) is 21.0. The normalized spacial score (nSPS) is 9.53. The third-order valence-corrected chi connectivity index (χ3v) is 11.0. The van der Waals surface area contributed by atoms with E-state index in [-0.39, 0.29) is 21.1 Å². The molecule has 0 N–H and O–H groups in total. The van der Waals surface area contributed by atoms with Gasteiger partial charge in [-0.1, -0.05) is 182 Å². The molecule has 6 aromatic carbocycles. The summed E-state index contributed by atoms with van der Waals surface area (Å²) in [5.41, 5.74) is 0. The molecule has 6 rings (SSSR count). The van der Waals surface area contributed by atoms with Crippen molar-refractivity contribution < 1.29 is 30.7 Å². The van der Waals surface area contributed by atoms with Crippen LogP contribution in [0.5, 0.6) is 0 Å². The van der Waals surface area contributed by atoms with Crippen LogP contribution in [0.1, 0.15) is 0 Å². The Morgan fingerprint density at radius 1 is 0.256 bits per heavy atom. The quantitative estimate of drug-likeness (QED) is 0.181. The van der Waals surface area contributed by atoms with Gasteiger partial charge >= 0.3 is 0 Å². The molecule has 2 nitrogen and oxygen atoms in total. The minimum absolute atomic E-state index is 0. The fourth-order valence-corrected chi connectivity index (χ4v) is 8.97. The summed E-state index contributed by atoms with van der Waals surface area (Å²) in [5, 5.41) is 8.39. The van der Waals surface area contributed by atoms with Crippen LogP contribution in [0.15, 0.2) is 182 Å². The fourth-order valence-electron chi connectivity index (χ4n) is 4.36. The standard InChI is InChI=1S/2C18H15P.2CH2O.Pt/c2*1-4-10-16(11-5-1)19(17-12-6-2-7-13-17)18-14-8-3-9-15-18;2*1-2;/h2*1-15H;2*1H2;. The zero-order chi connectivity index (χ0) is 29.8. The molecule has 0 amide bonds. The first-order chi connectivity index (χ1) is 20.9. The van der Waals surface area contributed by atoms with E-state index in [1.807, 2.05) is 13.6 Å². The molecule has 6 aromatic rings. The average molecular weight is 780 g/mol. The molecule has 0 unspecified atom stereocenters. The van der Waals surface area contributed by atoms with Crippen molar-refractivity contribution >= 4 is 61.2 Å². The molecule has 0 aromatic heterocycles. The zero-order valence-electron chi connectivity index (χ0n) is 23.8. The van der Waals surface area contributed by atoms with Crippen LogP contribution in [0.4, 0.5) is 0 Å². The van der Waals surface area contributed by atoms with Crippen LogP contribution in [0.25, 0.3) is 0 Å². The maximum absolute atomic E-state index is 8.00. The molecule has 0 bridgehead atoms. The maximum Gasteiger partial charge on any atom is 0.106 e. The van der Waals surface area contributed by atoms with Gasteiger partial charge in [0.2, 0.25) is 0 Å². The van der Waals surface area contributed by atoms with Gasteiger partial charge < -0.3 is 9.59 Å². The third kappa shape index (κ3) is 10.8. The van der Waals surface area contributed by atoms with Gasteiger partial charge in [-0.25, -0.2) is 0 Å². The van der Waals surface area contributed by atoms with Crippen LogP contribution in [-0.2, 0) is 30.7 Å². The van der Waals surface area contributed by atoms with Gasteiger partial charge in [0.25, 0.3) is 0 Å². The summed E-state index contributed by atoms with van der Waals surface area (Å²) in [6, 6.07) is 64.7. The van der Waals surface area contributed by atoms with Crippen molar-refractivity contribution in [1.82, 2.24) is 0 Å². The van der Waals surface area contributed by atoms with E-state index in [4.69, 9.17) is 9.59 Å². The maximum atomic E-state index is 8.00. The van der Waals surface area contributed by atoms with E-state index >= 15 is 0 Å². The van der Waals surface area contributed by atoms with E-state index in [1.54, 1.807) is 0 Å². The first-order valence-electron chi connectivity index (χ1n) is 13.4. The van der Waals surface area contributed by atoms with Crippen LogP contribution in [0.2, 0.25) is 0 Å². The zero-order valence-corrected chi connectivity index (χ0v) is 27.8. The molecule has 0 heterocycles. The Labute approximate surface area is 272 Å². The molecule has 0 saturated carbocycles. The molecule has 218 valence electrons. The molecular weight excluding hydrogens is 745 g/mol. The monoisotopic (exact) mass is 779 g/mol. The molecule has 43 heavy (non-hydrogen) atoms. The van der Waals surface area contributed by atoms with Gasteiger partial charge in [-0.2, -0.15) is 0 Å². The van der Waals surface area contributed by atoms with Gasteiger partial charge in [0, 0.05) is 21.1 Å². The van der Waals surface area contributed by atoms with Crippen molar-refractivity contribution in [3.8, 4) is 0 Å². The number of carbonyl (C=O) groups is 2. The van der Waals surface area contributed by atoms with Crippen LogP contribution in [0.3, 0.4) is 0 Å².